The van der Waals surface area contributed by atoms with Crippen LogP contribution in [0.3, 0.4) is 0 Å². The molecule has 2 atom stereocenters. The van der Waals surface area contributed by atoms with Gasteiger partial charge in [-0.1, -0.05) is 17.7 Å². The zero-order valence-electron chi connectivity index (χ0n) is 26.9. The molecule has 0 radical (unpaired) electrons. The minimum atomic E-state index is -0.970. The Morgan fingerprint density at radius 3 is 2.71 bits per heavy atom. The van der Waals surface area contributed by atoms with E-state index in [1.54, 1.807) is 0 Å². The number of nitrogens with two attached hydrogens (primary N) is 1. The van der Waals surface area contributed by atoms with Crippen LogP contribution in [-0.2, 0) is 9.59 Å². The van der Waals surface area contributed by atoms with Crippen LogP contribution in [-0.4, -0.2) is 83.1 Å². The second-order valence-electron chi connectivity index (χ2n) is 13.1. The molecule has 0 saturated carbocycles. The monoisotopic (exact) mass is 711 g/mol. The summed E-state index contributed by atoms with van der Waals surface area (Å²) in [5.74, 6) is -2.07. The number of aromatic nitrogens is 2. The van der Waals surface area contributed by atoms with Gasteiger partial charge in [-0.3, -0.25) is 19.4 Å². The summed E-state index contributed by atoms with van der Waals surface area (Å²) >= 11 is 7.71. The number of piperidine rings is 1. The number of nitriles is 1. The predicted molar refractivity (Wildman–Crippen MR) is 181 cm³/mol. The quantitative estimate of drug-likeness (QED) is 0.253. The number of ether oxygens (including phenoxy) is 1. The van der Waals surface area contributed by atoms with Gasteiger partial charge in [-0.25, -0.2) is 13.2 Å². The summed E-state index contributed by atoms with van der Waals surface area (Å²) in [7, 11) is 1.46. The SMILES string of the molecule is CC(=O)N(C)C(=O)C1CCN(c2nc(OC[C@@]34CCCN3C[C@H](F)C4)nc3c(F)c(-c4ccc(F)c5sc(N)c(C#N)c45)c(Cl)cc23)CC1. The predicted octanol–water partition coefficient (Wildman–Crippen LogP) is 6.07. The smallest absolute Gasteiger partial charge is 0.319 e. The Hall–Kier alpha value is -4.19. The van der Waals surface area contributed by atoms with Crippen molar-refractivity contribution >= 4 is 66.6 Å². The largest absolute Gasteiger partial charge is 0.461 e. The number of anilines is 2. The van der Waals surface area contributed by atoms with Crippen LogP contribution in [0.5, 0.6) is 6.01 Å². The van der Waals surface area contributed by atoms with E-state index >= 15 is 4.39 Å². The number of hydrogen-bond donors (Lipinski definition) is 1. The fourth-order valence-electron chi connectivity index (χ4n) is 7.64. The highest BCUT2D eigenvalue weighted by Gasteiger charge is 2.49. The summed E-state index contributed by atoms with van der Waals surface area (Å²) in [4.78, 5) is 39.1. The number of carbonyl (C=O) groups excluding carboxylic acids is 2. The van der Waals surface area contributed by atoms with Crippen molar-refractivity contribution in [3.8, 4) is 23.2 Å². The number of hydrogen-bond acceptors (Lipinski definition) is 10. The highest BCUT2D eigenvalue weighted by Crippen LogP contribution is 2.46. The summed E-state index contributed by atoms with van der Waals surface area (Å²) in [5.41, 5.74) is 5.56. The highest BCUT2D eigenvalue weighted by atomic mass is 35.5. The van der Waals surface area contributed by atoms with Crippen LogP contribution in [0.2, 0.25) is 5.02 Å². The first-order valence-electron chi connectivity index (χ1n) is 16.1. The zero-order chi connectivity index (χ0) is 34.8. The van der Waals surface area contributed by atoms with Crippen molar-refractivity contribution in [3.05, 3.63) is 40.4 Å². The van der Waals surface area contributed by atoms with E-state index in [9.17, 15) is 23.6 Å². The van der Waals surface area contributed by atoms with Crippen molar-refractivity contribution in [2.45, 2.75) is 50.7 Å². The topological polar surface area (TPSA) is 129 Å². The molecular weight excluding hydrogens is 679 g/mol. The van der Waals surface area contributed by atoms with Crippen molar-refractivity contribution in [1.82, 2.24) is 19.8 Å². The number of halogens is 4. The summed E-state index contributed by atoms with van der Waals surface area (Å²) < 4.78 is 52.6. The van der Waals surface area contributed by atoms with Crippen molar-refractivity contribution < 1.29 is 27.5 Å². The number of alkyl halides is 1. The van der Waals surface area contributed by atoms with Gasteiger partial charge in [0.25, 0.3) is 0 Å². The van der Waals surface area contributed by atoms with Crippen LogP contribution >= 0.6 is 22.9 Å². The van der Waals surface area contributed by atoms with Crippen molar-refractivity contribution in [3.63, 3.8) is 0 Å². The van der Waals surface area contributed by atoms with Crippen LogP contribution in [0.25, 0.3) is 32.1 Å². The van der Waals surface area contributed by atoms with Gasteiger partial charge < -0.3 is 15.4 Å². The molecule has 3 fully saturated rings. The van der Waals surface area contributed by atoms with E-state index < -0.39 is 23.3 Å². The summed E-state index contributed by atoms with van der Waals surface area (Å²) in [6.45, 7) is 3.29. The first-order valence-corrected chi connectivity index (χ1v) is 17.3. The molecule has 7 rings (SSSR count). The fourth-order valence-corrected chi connectivity index (χ4v) is 8.88. The molecule has 2 amide bonds. The van der Waals surface area contributed by atoms with Gasteiger partial charge in [0.05, 0.1) is 20.8 Å². The van der Waals surface area contributed by atoms with Crippen LogP contribution in [0.15, 0.2) is 18.2 Å². The van der Waals surface area contributed by atoms with E-state index in [-0.39, 0.29) is 72.7 Å². The summed E-state index contributed by atoms with van der Waals surface area (Å²) in [6, 6.07) is 5.98. The lowest BCUT2D eigenvalue weighted by atomic mass is 9.94. The van der Waals surface area contributed by atoms with Crippen molar-refractivity contribution in [2.75, 3.05) is 50.5 Å². The second-order valence-corrected chi connectivity index (χ2v) is 14.5. The zero-order valence-corrected chi connectivity index (χ0v) is 28.4. The van der Waals surface area contributed by atoms with Gasteiger partial charge in [0, 0.05) is 62.3 Å². The lowest BCUT2D eigenvalue weighted by Crippen LogP contribution is -2.44. The van der Waals surface area contributed by atoms with E-state index in [1.165, 1.54) is 32.2 Å². The second kappa shape index (κ2) is 12.6. The molecular formula is C34H33ClF3N7O3S. The number of amides is 2. The van der Waals surface area contributed by atoms with Gasteiger partial charge in [-0.2, -0.15) is 15.2 Å². The maximum atomic E-state index is 17.0. The Bertz CT molecular complexity index is 2060. The number of fused-ring (bicyclic) bond motifs is 3. The van der Waals surface area contributed by atoms with E-state index in [0.717, 1.165) is 35.6 Å². The van der Waals surface area contributed by atoms with Gasteiger partial charge in [-0.15, -0.1) is 11.3 Å². The average molecular weight is 712 g/mol. The average Bonchev–Trinajstić information content (AvgIpc) is 3.73. The maximum absolute atomic E-state index is 17.0. The molecule has 15 heteroatoms. The van der Waals surface area contributed by atoms with Gasteiger partial charge in [0.2, 0.25) is 11.8 Å². The van der Waals surface area contributed by atoms with Crippen LogP contribution in [0.1, 0.15) is 44.6 Å². The normalized spacial score (nSPS) is 21.3. The number of nitrogen functional groups attached to an aromatic ring is 1. The first-order chi connectivity index (χ1) is 23.4. The Morgan fingerprint density at radius 2 is 2.00 bits per heavy atom. The third-order valence-electron chi connectivity index (χ3n) is 10.2. The van der Waals surface area contributed by atoms with E-state index in [0.29, 0.717) is 50.1 Å². The van der Waals surface area contributed by atoms with Gasteiger partial charge in [0.1, 0.15) is 41.0 Å². The van der Waals surface area contributed by atoms with E-state index in [4.69, 9.17) is 27.1 Å². The van der Waals surface area contributed by atoms with Crippen LogP contribution in [0, 0.1) is 28.9 Å². The molecule has 2 N–H and O–H groups in total. The highest BCUT2D eigenvalue weighted by molar-refractivity contribution is 7.23. The Labute approximate surface area is 289 Å². The molecule has 0 aliphatic carbocycles. The number of nitrogens with zero attached hydrogens (tertiary/aromatic N) is 6. The number of rotatable bonds is 6. The molecule has 0 bridgehead atoms. The lowest BCUT2D eigenvalue weighted by molar-refractivity contribution is -0.145. The van der Waals surface area contributed by atoms with Gasteiger partial charge in [0.15, 0.2) is 5.82 Å². The van der Waals surface area contributed by atoms with Crippen LogP contribution < -0.4 is 15.4 Å². The molecule has 2 aromatic carbocycles. The van der Waals surface area contributed by atoms with Crippen molar-refractivity contribution in [1.29, 1.82) is 5.26 Å². The molecule has 2 aromatic heterocycles. The number of benzene rings is 2. The third kappa shape index (κ3) is 5.61. The third-order valence-corrected chi connectivity index (χ3v) is 11.5. The number of carbonyl (C=O) groups is 2. The Balaban J connectivity index is 1.33. The minimum absolute atomic E-state index is 0.0151. The maximum Gasteiger partial charge on any atom is 0.319 e. The van der Waals surface area contributed by atoms with Crippen molar-refractivity contribution in [2.24, 2.45) is 5.92 Å². The molecule has 3 aliphatic rings. The molecule has 0 spiro atoms. The Morgan fingerprint density at radius 1 is 1.24 bits per heavy atom. The first kappa shape index (κ1) is 33.3. The summed E-state index contributed by atoms with van der Waals surface area (Å²) in [5, 5.41) is 10.4. The van der Waals surface area contributed by atoms with Gasteiger partial charge in [-0.05, 0) is 49.9 Å². The van der Waals surface area contributed by atoms with Gasteiger partial charge >= 0.3 is 6.01 Å². The molecule has 5 heterocycles. The van der Waals surface area contributed by atoms with E-state index in [2.05, 4.69) is 9.88 Å². The molecule has 4 aromatic rings. The Kier molecular flexibility index (Phi) is 8.57. The number of thiophene rings is 1. The molecule has 3 aliphatic heterocycles. The molecule has 10 nitrogen and oxygen atoms in total. The molecule has 3 saturated heterocycles. The minimum Gasteiger partial charge on any atom is -0.461 e. The standard InChI is InChI=1S/C34H33ClF3N7O3S/c1-17(46)43(2)32(47)18-6-10-44(11-7-18)31-21-12-23(35)26(20-4-5-24(37)29-25(20)22(14-39)30(40)49-29)27(38)28(21)41-33(42-31)48-16-34-8-3-9-45(34)15-19(36)13-34/h4-5,12,18-19H,3,6-11,13,15-16,40H2,1-2H3/t19-,34+/m1/s1. The number of imide groups is 1. The van der Waals surface area contributed by atoms with E-state index in [1.807, 2.05) is 11.0 Å². The fraction of sp³-hybridized carbons (Fsp3) is 0.441. The summed E-state index contributed by atoms with van der Waals surface area (Å²) in [6.07, 6.45) is 1.86. The molecule has 256 valence electrons. The molecule has 0 unspecified atom stereocenters. The lowest BCUT2D eigenvalue weighted by Gasteiger charge is -2.34. The van der Waals surface area contributed by atoms with Crippen LogP contribution in [0.4, 0.5) is 24.0 Å². The molecule has 49 heavy (non-hydrogen) atoms.